The van der Waals surface area contributed by atoms with Gasteiger partial charge < -0.3 is 9.88 Å². The molecule has 50 valence electrons. The second-order valence-electron chi connectivity index (χ2n) is 2.16. The molecule has 0 amide bonds. The SMILES string of the molecule is C[SiH2]NCCN(C)C. The van der Waals surface area contributed by atoms with Crippen LogP contribution in [0.25, 0.3) is 0 Å². The monoisotopic (exact) mass is 132 g/mol. The summed E-state index contributed by atoms with van der Waals surface area (Å²) < 4.78 is 0. The molecule has 1 N–H and O–H groups in total. The molecular weight excluding hydrogens is 116 g/mol. The summed E-state index contributed by atoms with van der Waals surface area (Å²) in [6.07, 6.45) is 0. The highest BCUT2D eigenvalue weighted by Crippen LogP contribution is 1.67. The van der Waals surface area contributed by atoms with E-state index in [1.807, 2.05) is 0 Å². The van der Waals surface area contributed by atoms with Crippen LogP contribution >= 0.6 is 0 Å². The van der Waals surface area contributed by atoms with Crippen LogP contribution in [-0.2, 0) is 0 Å². The Bertz CT molecular complexity index is 47.7. The van der Waals surface area contributed by atoms with Crippen molar-refractivity contribution in [3.63, 3.8) is 0 Å². The summed E-state index contributed by atoms with van der Waals surface area (Å²) in [4.78, 5) is 5.57. The normalized spacial score (nSPS) is 12.0. The first kappa shape index (κ1) is 8.14. The van der Waals surface area contributed by atoms with Gasteiger partial charge >= 0.3 is 0 Å². The first-order valence-corrected chi connectivity index (χ1v) is 5.25. The van der Waals surface area contributed by atoms with Crippen molar-refractivity contribution in [1.82, 2.24) is 9.88 Å². The minimum atomic E-state index is 0.0944. The molecule has 0 aliphatic rings. The molecular formula is C5H16N2Si. The fraction of sp³-hybridized carbons (Fsp3) is 1.00. The third-order valence-corrected chi connectivity index (χ3v) is 1.84. The summed E-state index contributed by atoms with van der Waals surface area (Å²) in [5.74, 6) is 0. The summed E-state index contributed by atoms with van der Waals surface area (Å²) in [5.41, 5.74) is 0. The van der Waals surface area contributed by atoms with Crippen molar-refractivity contribution in [3.05, 3.63) is 0 Å². The molecule has 0 bridgehead atoms. The molecule has 0 aromatic heterocycles. The lowest BCUT2D eigenvalue weighted by Gasteiger charge is -2.08. The Morgan fingerprint density at radius 1 is 1.50 bits per heavy atom. The predicted octanol–water partition coefficient (Wildman–Crippen LogP) is -0.730. The maximum atomic E-state index is 3.38. The molecule has 0 aliphatic carbocycles. The van der Waals surface area contributed by atoms with Crippen molar-refractivity contribution in [3.8, 4) is 0 Å². The molecule has 0 saturated heterocycles. The van der Waals surface area contributed by atoms with Gasteiger partial charge in [-0.25, -0.2) is 0 Å². The van der Waals surface area contributed by atoms with Gasteiger partial charge in [-0.2, -0.15) is 0 Å². The van der Waals surface area contributed by atoms with Crippen LogP contribution in [-0.4, -0.2) is 41.8 Å². The van der Waals surface area contributed by atoms with E-state index < -0.39 is 0 Å². The Balaban J connectivity index is 2.72. The largest absolute Gasteiger partial charge is 0.341 e. The van der Waals surface area contributed by atoms with E-state index in [1.165, 1.54) is 6.54 Å². The summed E-state index contributed by atoms with van der Waals surface area (Å²) in [5, 5.41) is 0. The lowest BCUT2D eigenvalue weighted by Crippen LogP contribution is -2.27. The smallest absolute Gasteiger partial charge is 0.0886 e. The first-order valence-electron chi connectivity index (χ1n) is 3.12. The summed E-state index contributed by atoms with van der Waals surface area (Å²) in [6.45, 7) is 4.59. The third-order valence-electron chi connectivity index (χ3n) is 0.986. The van der Waals surface area contributed by atoms with Gasteiger partial charge in [-0.05, 0) is 14.1 Å². The molecule has 0 aromatic rings. The van der Waals surface area contributed by atoms with Crippen LogP contribution in [0.15, 0.2) is 0 Å². The van der Waals surface area contributed by atoms with E-state index in [1.54, 1.807) is 0 Å². The third kappa shape index (κ3) is 6.14. The van der Waals surface area contributed by atoms with E-state index in [9.17, 15) is 0 Å². The highest BCUT2D eigenvalue weighted by Gasteiger charge is 1.85. The molecule has 0 spiro atoms. The molecule has 0 heterocycles. The van der Waals surface area contributed by atoms with Crippen LogP contribution in [0.2, 0.25) is 6.55 Å². The van der Waals surface area contributed by atoms with Gasteiger partial charge in [-0.1, -0.05) is 6.55 Å². The van der Waals surface area contributed by atoms with E-state index in [-0.39, 0.29) is 9.68 Å². The number of nitrogens with zero attached hydrogens (tertiary/aromatic N) is 1. The highest BCUT2D eigenvalue weighted by molar-refractivity contribution is 6.29. The van der Waals surface area contributed by atoms with Gasteiger partial charge in [0.05, 0.1) is 9.68 Å². The fourth-order valence-electron chi connectivity index (χ4n) is 0.479. The number of nitrogens with one attached hydrogen (secondary N) is 1. The molecule has 0 atom stereocenters. The van der Waals surface area contributed by atoms with Gasteiger partial charge in [0.2, 0.25) is 0 Å². The van der Waals surface area contributed by atoms with Crippen molar-refractivity contribution >= 4 is 9.68 Å². The lowest BCUT2D eigenvalue weighted by atomic mass is 10.6. The van der Waals surface area contributed by atoms with Gasteiger partial charge in [0.15, 0.2) is 0 Å². The molecule has 0 rings (SSSR count). The second-order valence-corrected chi connectivity index (χ2v) is 3.36. The minimum absolute atomic E-state index is 0.0944. The lowest BCUT2D eigenvalue weighted by molar-refractivity contribution is 0.414. The van der Waals surface area contributed by atoms with Crippen molar-refractivity contribution in [2.24, 2.45) is 0 Å². The zero-order valence-electron chi connectivity index (χ0n) is 6.07. The van der Waals surface area contributed by atoms with Crippen LogP contribution in [0.1, 0.15) is 0 Å². The highest BCUT2D eigenvalue weighted by atomic mass is 28.2. The average Bonchev–Trinajstić information content (AvgIpc) is 1.66. The number of hydrogen-bond acceptors (Lipinski definition) is 2. The van der Waals surface area contributed by atoms with Crippen molar-refractivity contribution in [2.75, 3.05) is 27.2 Å². The summed E-state index contributed by atoms with van der Waals surface area (Å²) in [7, 11) is 4.29. The molecule has 0 fully saturated rings. The van der Waals surface area contributed by atoms with Crippen LogP contribution in [0.4, 0.5) is 0 Å². The van der Waals surface area contributed by atoms with Gasteiger partial charge in [0.25, 0.3) is 0 Å². The quantitative estimate of drug-likeness (QED) is 0.401. The molecule has 8 heavy (non-hydrogen) atoms. The topological polar surface area (TPSA) is 15.3 Å². The van der Waals surface area contributed by atoms with E-state index >= 15 is 0 Å². The predicted molar refractivity (Wildman–Crippen MR) is 41.0 cm³/mol. The number of rotatable bonds is 4. The van der Waals surface area contributed by atoms with Crippen LogP contribution < -0.4 is 4.98 Å². The zero-order chi connectivity index (χ0) is 6.41. The van der Waals surface area contributed by atoms with Crippen molar-refractivity contribution < 1.29 is 0 Å². The Labute approximate surface area is 54.2 Å². The second kappa shape index (κ2) is 5.28. The van der Waals surface area contributed by atoms with Crippen molar-refractivity contribution in [1.29, 1.82) is 0 Å². The zero-order valence-corrected chi connectivity index (χ0v) is 7.48. The summed E-state index contributed by atoms with van der Waals surface area (Å²) in [6, 6.07) is 0. The van der Waals surface area contributed by atoms with Gasteiger partial charge in [-0.3, -0.25) is 0 Å². The van der Waals surface area contributed by atoms with Crippen molar-refractivity contribution in [2.45, 2.75) is 6.55 Å². The fourth-order valence-corrected chi connectivity index (χ4v) is 0.991. The molecule has 0 saturated carbocycles. The van der Waals surface area contributed by atoms with E-state index in [0.717, 1.165) is 6.54 Å². The van der Waals surface area contributed by atoms with Crippen LogP contribution in [0.5, 0.6) is 0 Å². The van der Waals surface area contributed by atoms with E-state index in [0.29, 0.717) is 0 Å². The Morgan fingerprint density at radius 2 is 2.12 bits per heavy atom. The van der Waals surface area contributed by atoms with Gasteiger partial charge in [0.1, 0.15) is 0 Å². The number of likely N-dealkylation sites (N-methyl/N-ethyl adjacent to an activating group) is 1. The molecule has 0 unspecified atom stereocenters. The standard InChI is InChI=1S/C5H16N2Si/c1-7(2)5-4-6-8-3/h6H,4-5,8H2,1-3H3. The van der Waals surface area contributed by atoms with E-state index in [2.05, 4.69) is 30.5 Å². The first-order chi connectivity index (χ1) is 3.77. The Kier molecular flexibility index (Phi) is 5.37. The van der Waals surface area contributed by atoms with Crippen LogP contribution in [0.3, 0.4) is 0 Å². The minimum Gasteiger partial charge on any atom is -0.341 e. The molecule has 3 heteroatoms. The van der Waals surface area contributed by atoms with E-state index in [4.69, 9.17) is 0 Å². The maximum absolute atomic E-state index is 3.38. The van der Waals surface area contributed by atoms with Gasteiger partial charge in [-0.15, -0.1) is 0 Å². The van der Waals surface area contributed by atoms with Gasteiger partial charge in [0, 0.05) is 13.1 Å². The maximum Gasteiger partial charge on any atom is 0.0886 e. The molecule has 0 aromatic carbocycles. The molecule has 2 nitrogen and oxygen atoms in total. The Hall–Kier alpha value is 0.137. The Morgan fingerprint density at radius 3 is 2.50 bits per heavy atom. The molecule has 0 aliphatic heterocycles. The number of hydrogen-bond donors (Lipinski definition) is 1. The molecule has 0 radical (unpaired) electrons. The average molecular weight is 132 g/mol. The summed E-state index contributed by atoms with van der Waals surface area (Å²) >= 11 is 0. The van der Waals surface area contributed by atoms with Crippen LogP contribution in [0, 0.1) is 0 Å².